The van der Waals surface area contributed by atoms with E-state index in [1.54, 1.807) is 6.92 Å². The number of amides is 2. The van der Waals surface area contributed by atoms with Gasteiger partial charge in [0.25, 0.3) is 0 Å². The number of likely N-dealkylation sites (tertiary alicyclic amines) is 1. The molecule has 0 unspecified atom stereocenters. The normalized spacial score (nSPS) is 29.0. The summed E-state index contributed by atoms with van der Waals surface area (Å²) in [7, 11) is 0. The summed E-state index contributed by atoms with van der Waals surface area (Å²) in [6.07, 6.45) is 5.57. The Morgan fingerprint density at radius 3 is 2.55 bits per heavy atom. The third-order valence-electron chi connectivity index (χ3n) is 6.87. The minimum atomic E-state index is -0.00105. The average Bonchev–Trinajstić information content (AvgIpc) is 3.33. The largest absolute Gasteiger partial charge is 0.376 e. The molecular weight excluding hydrogens is 370 g/mol. The lowest BCUT2D eigenvalue weighted by atomic mass is 9.77. The summed E-state index contributed by atoms with van der Waals surface area (Å²) in [5.41, 5.74) is 1.92. The molecule has 1 saturated heterocycles. The topological polar surface area (TPSA) is 84.7 Å². The van der Waals surface area contributed by atoms with Crippen molar-refractivity contribution >= 4 is 11.8 Å². The van der Waals surface area contributed by atoms with Crippen LogP contribution in [0.4, 0.5) is 0 Å². The minimum Gasteiger partial charge on any atom is -0.376 e. The maximum absolute atomic E-state index is 12.8. The molecule has 29 heavy (non-hydrogen) atoms. The van der Waals surface area contributed by atoms with Gasteiger partial charge in [0.05, 0.1) is 17.8 Å². The van der Waals surface area contributed by atoms with Crippen molar-refractivity contribution in [1.29, 1.82) is 0 Å². The number of hydrogen-bond donors (Lipinski definition) is 1. The van der Waals surface area contributed by atoms with Crippen LogP contribution < -0.4 is 5.32 Å². The second-order valence-electron chi connectivity index (χ2n) is 9.22. The van der Waals surface area contributed by atoms with E-state index in [4.69, 9.17) is 9.26 Å². The van der Waals surface area contributed by atoms with Crippen molar-refractivity contribution in [1.82, 2.24) is 15.4 Å². The standard InChI is InChI=1S/C22H33N3O4/c1-13-19(14(2)29-24-13)6-7-22(27)25-10-17-8-20(23-15(3)26)21(9-18(17)11-25)28-12-16-4-5-16/h16-18,20-21H,4-12H2,1-3H3,(H,23,26)/t17-,18+,20-,21-/m1/s1. The van der Waals surface area contributed by atoms with Crippen molar-refractivity contribution in [2.75, 3.05) is 19.7 Å². The van der Waals surface area contributed by atoms with Crippen LogP contribution in [0, 0.1) is 31.6 Å². The lowest BCUT2D eigenvalue weighted by Gasteiger charge is -2.38. The van der Waals surface area contributed by atoms with E-state index >= 15 is 0 Å². The Kier molecular flexibility index (Phi) is 5.95. The van der Waals surface area contributed by atoms with Gasteiger partial charge in [0.15, 0.2) is 0 Å². The number of nitrogens with zero attached hydrogens (tertiary/aromatic N) is 2. The lowest BCUT2D eigenvalue weighted by molar-refractivity contribution is -0.130. The van der Waals surface area contributed by atoms with Crippen LogP contribution in [0.15, 0.2) is 4.52 Å². The van der Waals surface area contributed by atoms with Crippen LogP contribution in [0.5, 0.6) is 0 Å². The van der Waals surface area contributed by atoms with Crippen molar-refractivity contribution in [2.45, 2.75) is 71.4 Å². The van der Waals surface area contributed by atoms with E-state index in [-0.39, 0.29) is 24.0 Å². The van der Waals surface area contributed by atoms with Gasteiger partial charge in [-0.3, -0.25) is 9.59 Å². The predicted octanol–water partition coefficient (Wildman–Crippen LogP) is 2.39. The number of hydrogen-bond acceptors (Lipinski definition) is 5. The zero-order chi connectivity index (χ0) is 20.5. The van der Waals surface area contributed by atoms with Crippen molar-refractivity contribution in [3.05, 3.63) is 17.0 Å². The summed E-state index contributed by atoms with van der Waals surface area (Å²) in [5.74, 6) is 2.61. The third-order valence-corrected chi connectivity index (χ3v) is 6.87. The first-order valence-corrected chi connectivity index (χ1v) is 11.0. The minimum absolute atomic E-state index is 0.00105. The quantitative estimate of drug-likeness (QED) is 0.756. The zero-order valence-electron chi connectivity index (χ0n) is 17.8. The predicted molar refractivity (Wildman–Crippen MR) is 107 cm³/mol. The van der Waals surface area contributed by atoms with Crippen molar-refractivity contribution < 1.29 is 18.8 Å². The number of aryl methyl sites for hydroxylation is 2. The van der Waals surface area contributed by atoms with E-state index in [9.17, 15) is 9.59 Å². The van der Waals surface area contributed by atoms with Gasteiger partial charge in [-0.2, -0.15) is 0 Å². The SMILES string of the molecule is CC(=O)N[C@@H]1C[C@@H]2CN(C(=O)CCc3c(C)noc3C)C[C@@H]2C[C@H]1OCC1CC1. The van der Waals surface area contributed by atoms with E-state index in [1.165, 1.54) is 12.8 Å². The van der Waals surface area contributed by atoms with E-state index in [0.717, 1.165) is 49.6 Å². The number of rotatable bonds is 7. The Morgan fingerprint density at radius 2 is 1.93 bits per heavy atom. The highest BCUT2D eigenvalue weighted by atomic mass is 16.5. The molecule has 2 heterocycles. The van der Waals surface area contributed by atoms with Crippen molar-refractivity contribution in [2.24, 2.45) is 17.8 Å². The molecule has 2 amide bonds. The summed E-state index contributed by atoms with van der Waals surface area (Å²) in [5, 5.41) is 7.08. The van der Waals surface area contributed by atoms with Gasteiger partial charge in [-0.05, 0) is 63.7 Å². The molecule has 7 heteroatoms. The van der Waals surface area contributed by atoms with Gasteiger partial charge in [0.2, 0.25) is 11.8 Å². The zero-order valence-corrected chi connectivity index (χ0v) is 17.8. The molecule has 0 spiro atoms. The molecule has 2 aliphatic carbocycles. The molecule has 4 rings (SSSR count). The molecule has 1 aliphatic heterocycles. The van der Waals surface area contributed by atoms with E-state index < -0.39 is 0 Å². The Bertz CT molecular complexity index is 738. The van der Waals surface area contributed by atoms with Gasteiger partial charge in [0, 0.05) is 38.6 Å². The fourth-order valence-electron chi connectivity index (χ4n) is 5.01. The molecule has 3 aliphatic rings. The molecule has 3 fully saturated rings. The average molecular weight is 404 g/mol. The maximum atomic E-state index is 12.8. The van der Waals surface area contributed by atoms with E-state index in [0.29, 0.717) is 30.6 Å². The van der Waals surface area contributed by atoms with Gasteiger partial charge >= 0.3 is 0 Å². The second kappa shape index (κ2) is 8.46. The number of carbonyl (C=O) groups is 2. The summed E-state index contributed by atoms with van der Waals surface area (Å²) in [6.45, 7) is 7.79. The van der Waals surface area contributed by atoms with E-state index in [2.05, 4.69) is 10.5 Å². The lowest BCUT2D eigenvalue weighted by Crippen LogP contribution is -2.50. The first-order valence-electron chi connectivity index (χ1n) is 11.0. The Hall–Kier alpha value is -1.89. The summed E-state index contributed by atoms with van der Waals surface area (Å²) in [4.78, 5) is 26.5. The van der Waals surface area contributed by atoms with Crippen LogP contribution in [0.1, 0.15) is 56.0 Å². The van der Waals surface area contributed by atoms with Gasteiger partial charge in [-0.15, -0.1) is 0 Å². The number of carbonyl (C=O) groups excluding carboxylic acids is 2. The maximum Gasteiger partial charge on any atom is 0.222 e. The van der Waals surface area contributed by atoms with E-state index in [1.807, 2.05) is 18.7 Å². The molecule has 1 aromatic rings. The fourth-order valence-corrected chi connectivity index (χ4v) is 5.01. The molecule has 1 N–H and O–H groups in total. The fraction of sp³-hybridized carbons (Fsp3) is 0.773. The second-order valence-corrected chi connectivity index (χ2v) is 9.22. The van der Waals surface area contributed by atoms with Crippen LogP contribution in [0.25, 0.3) is 0 Å². The Balaban J connectivity index is 1.33. The summed E-state index contributed by atoms with van der Waals surface area (Å²) in [6, 6.07) is 0.0601. The highest BCUT2D eigenvalue weighted by molar-refractivity contribution is 5.77. The highest BCUT2D eigenvalue weighted by Gasteiger charge is 2.44. The smallest absolute Gasteiger partial charge is 0.222 e. The monoisotopic (exact) mass is 403 g/mol. The molecule has 0 radical (unpaired) electrons. The molecule has 160 valence electrons. The molecule has 4 atom stereocenters. The molecule has 2 saturated carbocycles. The Labute approximate surface area is 172 Å². The van der Waals surface area contributed by atoms with Gasteiger partial charge in [0.1, 0.15) is 5.76 Å². The van der Waals surface area contributed by atoms with Crippen LogP contribution in [-0.2, 0) is 20.7 Å². The van der Waals surface area contributed by atoms with Crippen molar-refractivity contribution in [3.8, 4) is 0 Å². The molecule has 7 nitrogen and oxygen atoms in total. The number of aromatic nitrogens is 1. The summed E-state index contributed by atoms with van der Waals surface area (Å²) >= 11 is 0. The van der Waals surface area contributed by atoms with Gasteiger partial charge in [-0.1, -0.05) is 5.16 Å². The molecule has 1 aromatic heterocycles. The Morgan fingerprint density at radius 1 is 1.21 bits per heavy atom. The molecular formula is C22H33N3O4. The number of ether oxygens (including phenoxy) is 1. The van der Waals surface area contributed by atoms with Crippen LogP contribution in [-0.4, -0.2) is 53.7 Å². The summed E-state index contributed by atoms with van der Waals surface area (Å²) < 4.78 is 11.4. The van der Waals surface area contributed by atoms with Gasteiger partial charge < -0.3 is 19.5 Å². The van der Waals surface area contributed by atoms with Crippen molar-refractivity contribution in [3.63, 3.8) is 0 Å². The van der Waals surface area contributed by atoms with Gasteiger partial charge in [-0.25, -0.2) is 0 Å². The molecule has 0 bridgehead atoms. The van der Waals surface area contributed by atoms with Crippen LogP contribution in [0.3, 0.4) is 0 Å². The highest BCUT2D eigenvalue weighted by Crippen LogP contribution is 2.39. The first kappa shape index (κ1) is 20.4. The third kappa shape index (κ3) is 4.82. The number of nitrogens with one attached hydrogen (secondary N) is 1. The first-order chi connectivity index (χ1) is 13.9. The van der Waals surface area contributed by atoms with Crippen LogP contribution >= 0.6 is 0 Å². The molecule has 0 aromatic carbocycles. The van der Waals surface area contributed by atoms with Crippen LogP contribution in [0.2, 0.25) is 0 Å². The number of fused-ring (bicyclic) bond motifs is 1.